The molecule has 1 saturated heterocycles. The zero-order valence-corrected chi connectivity index (χ0v) is 9.13. The summed E-state index contributed by atoms with van der Waals surface area (Å²) in [5, 5.41) is 0. The number of amides is 1. The van der Waals surface area contributed by atoms with Crippen LogP contribution in [0.5, 0.6) is 0 Å². The highest BCUT2D eigenvalue weighted by Gasteiger charge is 2.47. The van der Waals surface area contributed by atoms with Crippen LogP contribution in [0.3, 0.4) is 0 Å². The number of carbonyl (C=O) groups is 1. The smallest absolute Gasteiger partial charge is 0.410 e. The fourth-order valence-corrected chi connectivity index (χ4v) is 2.36. The summed E-state index contributed by atoms with van der Waals surface area (Å²) in [5.74, 6) is 1.54. The highest BCUT2D eigenvalue weighted by Crippen LogP contribution is 2.44. The molecule has 84 valence electrons. The highest BCUT2D eigenvalue weighted by molar-refractivity contribution is 5.68. The van der Waals surface area contributed by atoms with Gasteiger partial charge in [0.05, 0.1) is 0 Å². The summed E-state index contributed by atoms with van der Waals surface area (Å²) in [4.78, 5) is 13.5. The van der Waals surface area contributed by atoms with Crippen molar-refractivity contribution in [2.75, 3.05) is 13.1 Å². The molecule has 2 fully saturated rings. The Labute approximate surface area is 95.0 Å². The average molecular weight is 217 g/mol. The Morgan fingerprint density at radius 3 is 2.62 bits per heavy atom. The second-order valence-electron chi connectivity index (χ2n) is 4.70. The number of hydrogen-bond acceptors (Lipinski definition) is 2. The summed E-state index contributed by atoms with van der Waals surface area (Å²) in [7, 11) is 0. The van der Waals surface area contributed by atoms with Crippen LogP contribution in [0.15, 0.2) is 30.3 Å². The van der Waals surface area contributed by atoms with Crippen molar-refractivity contribution >= 4 is 6.09 Å². The van der Waals surface area contributed by atoms with Crippen LogP contribution in [0.2, 0.25) is 0 Å². The van der Waals surface area contributed by atoms with Gasteiger partial charge in [0, 0.05) is 13.1 Å². The van der Waals surface area contributed by atoms with Crippen LogP contribution in [0.4, 0.5) is 4.79 Å². The van der Waals surface area contributed by atoms with Gasteiger partial charge in [-0.05, 0) is 23.8 Å². The summed E-state index contributed by atoms with van der Waals surface area (Å²) in [6.45, 7) is 2.18. The Morgan fingerprint density at radius 1 is 1.25 bits per heavy atom. The molecule has 3 nitrogen and oxygen atoms in total. The Balaban J connectivity index is 1.50. The van der Waals surface area contributed by atoms with Crippen LogP contribution in [0.1, 0.15) is 12.0 Å². The van der Waals surface area contributed by atoms with Crippen LogP contribution < -0.4 is 0 Å². The first kappa shape index (κ1) is 9.70. The van der Waals surface area contributed by atoms with Crippen molar-refractivity contribution in [2.45, 2.75) is 13.0 Å². The van der Waals surface area contributed by atoms with Crippen LogP contribution in [-0.2, 0) is 11.3 Å². The molecule has 2 atom stereocenters. The first-order chi connectivity index (χ1) is 7.83. The molecule has 1 unspecified atom stereocenters. The number of rotatable bonds is 2. The van der Waals surface area contributed by atoms with Gasteiger partial charge >= 0.3 is 6.09 Å². The first-order valence-corrected chi connectivity index (χ1v) is 5.78. The number of hydrogen-bond donors (Lipinski definition) is 0. The van der Waals surface area contributed by atoms with Crippen molar-refractivity contribution in [3.63, 3.8) is 0 Å². The van der Waals surface area contributed by atoms with E-state index in [2.05, 4.69) is 0 Å². The van der Waals surface area contributed by atoms with Gasteiger partial charge in [0.1, 0.15) is 6.61 Å². The van der Waals surface area contributed by atoms with E-state index in [1.54, 1.807) is 0 Å². The predicted molar refractivity (Wildman–Crippen MR) is 59.8 cm³/mol. The van der Waals surface area contributed by atoms with E-state index in [1.807, 2.05) is 35.2 Å². The minimum absolute atomic E-state index is 0.156. The molecule has 3 heteroatoms. The Bertz CT molecular complexity index is 380. The molecule has 1 aliphatic carbocycles. The van der Waals surface area contributed by atoms with E-state index in [1.165, 1.54) is 6.42 Å². The Morgan fingerprint density at radius 2 is 1.94 bits per heavy atom. The van der Waals surface area contributed by atoms with E-state index >= 15 is 0 Å². The monoisotopic (exact) mass is 217 g/mol. The summed E-state index contributed by atoms with van der Waals surface area (Å²) >= 11 is 0. The van der Waals surface area contributed by atoms with Crippen molar-refractivity contribution in [2.24, 2.45) is 11.8 Å². The SMILES string of the molecule is O=C(OCc1ccccc1)N1CC2C[C@H]2C1. The summed E-state index contributed by atoms with van der Waals surface area (Å²) < 4.78 is 5.27. The van der Waals surface area contributed by atoms with Crippen LogP contribution >= 0.6 is 0 Å². The molecule has 0 N–H and O–H groups in total. The zero-order valence-electron chi connectivity index (χ0n) is 9.13. The molecular formula is C13H15NO2. The number of fused-ring (bicyclic) bond motifs is 1. The predicted octanol–water partition coefficient (Wildman–Crippen LogP) is 2.27. The van der Waals surface area contributed by atoms with Crippen molar-refractivity contribution in [3.8, 4) is 0 Å². The second kappa shape index (κ2) is 3.81. The van der Waals surface area contributed by atoms with Crippen molar-refractivity contribution in [1.29, 1.82) is 0 Å². The first-order valence-electron chi connectivity index (χ1n) is 5.78. The molecule has 1 aromatic rings. The Hall–Kier alpha value is -1.51. The molecule has 1 aliphatic heterocycles. The van der Waals surface area contributed by atoms with Gasteiger partial charge in [-0.1, -0.05) is 30.3 Å². The molecular weight excluding hydrogens is 202 g/mol. The van der Waals surface area contributed by atoms with E-state index in [-0.39, 0.29) is 6.09 Å². The van der Waals surface area contributed by atoms with E-state index in [4.69, 9.17) is 4.74 Å². The van der Waals surface area contributed by atoms with Crippen LogP contribution in [-0.4, -0.2) is 24.1 Å². The fourth-order valence-electron chi connectivity index (χ4n) is 2.36. The minimum Gasteiger partial charge on any atom is -0.445 e. The maximum atomic E-state index is 11.7. The fraction of sp³-hybridized carbons (Fsp3) is 0.462. The molecule has 0 bridgehead atoms. The van der Waals surface area contributed by atoms with E-state index in [0.717, 1.165) is 30.5 Å². The molecule has 3 rings (SSSR count). The third-order valence-electron chi connectivity index (χ3n) is 3.44. The molecule has 0 aromatic heterocycles. The highest BCUT2D eigenvalue weighted by atomic mass is 16.6. The zero-order chi connectivity index (χ0) is 11.0. The lowest BCUT2D eigenvalue weighted by molar-refractivity contribution is 0.100. The maximum absolute atomic E-state index is 11.7. The van der Waals surface area contributed by atoms with Gasteiger partial charge in [-0.3, -0.25) is 0 Å². The molecule has 1 amide bonds. The lowest BCUT2D eigenvalue weighted by Gasteiger charge is -2.17. The van der Waals surface area contributed by atoms with Crippen molar-refractivity contribution < 1.29 is 9.53 Å². The van der Waals surface area contributed by atoms with Gasteiger partial charge < -0.3 is 9.64 Å². The normalized spacial score (nSPS) is 26.4. The van der Waals surface area contributed by atoms with E-state index in [9.17, 15) is 4.79 Å². The largest absolute Gasteiger partial charge is 0.445 e. The maximum Gasteiger partial charge on any atom is 0.410 e. The van der Waals surface area contributed by atoms with Gasteiger partial charge in [0.2, 0.25) is 0 Å². The van der Waals surface area contributed by atoms with Gasteiger partial charge in [0.25, 0.3) is 0 Å². The molecule has 0 spiro atoms. The molecule has 0 radical (unpaired) electrons. The third kappa shape index (κ3) is 1.90. The number of carbonyl (C=O) groups excluding carboxylic acids is 1. The van der Waals surface area contributed by atoms with E-state index < -0.39 is 0 Å². The number of piperidine rings is 1. The summed E-state index contributed by atoms with van der Waals surface area (Å²) in [6, 6.07) is 9.80. The molecule has 16 heavy (non-hydrogen) atoms. The molecule has 1 aromatic carbocycles. The quantitative estimate of drug-likeness (QED) is 0.760. The van der Waals surface area contributed by atoms with E-state index in [0.29, 0.717) is 6.61 Å². The lowest BCUT2D eigenvalue weighted by atomic mass is 10.2. The van der Waals surface area contributed by atoms with Gasteiger partial charge in [-0.15, -0.1) is 0 Å². The topological polar surface area (TPSA) is 29.5 Å². The Kier molecular flexibility index (Phi) is 2.31. The average Bonchev–Trinajstić information content (AvgIpc) is 2.94. The van der Waals surface area contributed by atoms with Gasteiger partial charge in [-0.25, -0.2) is 4.79 Å². The molecule has 2 aliphatic rings. The molecule has 1 heterocycles. The van der Waals surface area contributed by atoms with Crippen LogP contribution in [0, 0.1) is 11.8 Å². The van der Waals surface area contributed by atoms with Gasteiger partial charge in [-0.2, -0.15) is 0 Å². The summed E-state index contributed by atoms with van der Waals surface area (Å²) in [5.41, 5.74) is 1.04. The second-order valence-corrected chi connectivity index (χ2v) is 4.70. The summed E-state index contributed by atoms with van der Waals surface area (Å²) in [6.07, 6.45) is 1.15. The third-order valence-corrected chi connectivity index (χ3v) is 3.44. The number of nitrogens with zero attached hydrogens (tertiary/aromatic N) is 1. The molecule has 1 saturated carbocycles. The number of likely N-dealkylation sites (tertiary alicyclic amines) is 1. The number of ether oxygens (including phenoxy) is 1. The standard InChI is InChI=1S/C13H15NO2/c15-13(14-7-11-6-12(11)8-14)16-9-10-4-2-1-3-5-10/h1-5,11-12H,6-9H2/t11-,12?/m0/s1. The van der Waals surface area contributed by atoms with Crippen LogP contribution in [0.25, 0.3) is 0 Å². The minimum atomic E-state index is -0.156. The van der Waals surface area contributed by atoms with Crippen molar-refractivity contribution in [1.82, 2.24) is 4.90 Å². The number of benzene rings is 1. The van der Waals surface area contributed by atoms with Crippen molar-refractivity contribution in [3.05, 3.63) is 35.9 Å². The van der Waals surface area contributed by atoms with Gasteiger partial charge in [0.15, 0.2) is 0 Å². The lowest BCUT2D eigenvalue weighted by Crippen LogP contribution is -2.30.